The second-order valence-corrected chi connectivity index (χ2v) is 6.17. The van der Waals surface area contributed by atoms with Crippen molar-refractivity contribution in [1.29, 1.82) is 0 Å². The number of methoxy groups -OCH3 is 1. The van der Waals surface area contributed by atoms with Crippen molar-refractivity contribution >= 4 is 33.2 Å². The van der Waals surface area contributed by atoms with Crippen LogP contribution in [0.3, 0.4) is 0 Å². The number of nitrogens with zero attached hydrogens (tertiary/aromatic N) is 1. The molecule has 1 rings (SSSR count). The summed E-state index contributed by atoms with van der Waals surface area (Å²) in [5.41, 5.74) is 0. The van der Waals surface area contributed by atoms with E-state index >= 15 is 0 Å². The van der Waals surface area contributed by atoms with Gasteiger partial charge in [0.15, 0.2) is 0 Å². The maximum atomic E-state index is 10.9. The predicted octanol–water partition coefficient (Wildman–Crippen LogP) is 2.90. The van der Waals surface area contributed by atoms with E-state index in [9.17, 15) is 4.79 Å². The van der Waals surface area contributed by atoms with E-state index in [-0.39, 0.29) is 5.97 Å². The highest BCUT2D eigenvalue weighted by Crippen LogP contribution is 2.22. The number of esters is 1. The smallest absolute Gasteiger partial charge is 0.305 e. The molecule has 0 radical (unpaired) electrons. The van der Waals surface area contributed by atoms with Gasteiger partial charge in [-0.1, -0.05) is 0 Å². The molecule has 5 heteroatoms. The van der Waals surface area contributed by atoms with Crippen LogP contribution in [-0.4, -0.2) is 31.6 Å². The molecule has 1 heterocycles. The minimum atomic E-state index is -0.132. The number of carbonyl (C=O) groups excluding carboxylic acids is 1. The first-order chi connectivity index (χ1) is 7.61. The van der Waals surface area contributed by atoms with Crippen LogP contribution < -0.4 is 0 Å². The molecule has 0 unspecified atom stereocenters. The summed E-state index contributed by atoms with van der Waals surface area (Å²) in [6.45, 7) is 1.84. The van der Waals surface area contributed by atoms with Crippen LogP contribution in [0, 0.1) is 0 Å². The van der Waals surface area contributed by atoms with Crippen molar-refractivity contribution in [3.05, 3.63) is 20.8 Å². The van der Waals surface area contributed by atoms with Crippen LogP contribution in [0.15, 0.2) is 15.9 Å². The molecule has 0 fully saturated rings. The van der Waals surface area contributed by atoms with Crippen molar-refractivity contribution in [2.45, 2.75) is 19.4 Å². The molecule has 0 aliphatic rings. The molecule has 16 heavy (non-hydrogen) atoms. The van der Waals surface area contributed by atoms with Crippen LogP contribution in [0.25, 0.3) is 0 Å². The van der Waals surface area contributed by atoms with Crippen LogP contribution in [-0.2, 0) is 16.1 Å². The summed E-state index contributed by atoms with van der Waals surface area (Å²) in [7, 11) is 3.49. The Bertz CT molecular complexity index is 340. The summed E-state index contributed by atoms with van der Waals surface area (Å²) in [6.07, 6.45) is 1.34. The molecular formula is C11H16BrNO2S. The second kappa shape index (κ2) is 7.04. The lowest BCUT2D eigenvalue weighted by atomic mass is 10.3. The van der Waals surface area contributed by atoms with Crippen molar-refractivity contribution in [3.8, 4) is 0 Å². The molecule has 1 aromatic rings. The molecule has 0 saturated heterocycles. The van der Waals surface area contributed by atoms with E-state index in [1.165, 1.54) is 12.0 Å². The highest BCUT2D eigenvalue weighted by molar-refractivity contribution is 9.11. The van der Waals surface area contributed by atoms with Crippen LogP contribution in [0.4, 0.5) is 0 Å². The summed E-state index contributed by atoms with van der Waals surface area (Å²) in [4.78, 5) is 14.4. The van der Waals surface area contributed by atoms with Crippen LogP contribution in [0.2, 0.25) is 0 Å². The Morgan fingerprint density at radius 3 is 2.88 bits per heavy atom. The van der Waals surface area contributed by atoms with Gasteiger partial charge in [-0.3, -0.25) is 4.79 Å². The highest BCUT2D eigenvalue weighted by Gasteiger charge is 2.05. The zero-order valence-electron chi connectivity index (χ0n) is 9.53. The van der Waals surface area contributed by atoms with E-state index in [2.05, 4.69) is 44.7 Å². The molecular weight excluding hydrogens is 290 g/mol. The third-order valence-electron chi connectivity index (χ3n) is 2.20. The van der Waals surface area contributed by atoms with Gasteiger partial charge in [0.25, 0.3) is 0 Å². The normalized spacial score (nSPS) is 10.8. The standard InChI is InChI=1S/C11H16BrNO2S/c1-13(7-3-4-11(14)15-2)8-9-5-6-10(12)16-9/h5-6H,3-4,7-8H2,1-2H3. The first-order valence-corrected chi connectivity index (χ1v) is 6.72. The van der Waals surface area contributed by atoms with Gasteiger partial charge in [0.2, 0.25) is 0 Å². The Labute approximate surface area is 109 Å². The monoisotopic (exact) mass is 305 g/mol. The van der Waals surface area contributed by atoms with Gasteiger partial charge in [0, 0.05) is 17.8 Å². The van der Waals surface area contributed by atoms with E-state index in [4.69, 9.17) is 0 Å². The lowest BCUT2D eigenvalue weighted by Crippen LogP contribution is -2.19. The molecule has 0 saturated carbocycles. The van der Waals surface area contributed by atoms with E-state index in [0.717, 1.165) is 23.3 Å². The lowest BCUT2D eigenvalue weighted by Gasteiger charge is -2.14. The average molecular weight is 306 g/mol. The van der Waals surface area contributed by atoms with Gasteiger partial charge in [0.05, 0.1) is 10.9 Å². The number of thiophene rings is 1. The highest BCUT2D eigenvalue weighted by atomic mass is 79.9. The largest absolute Gasteiger partial charge is 0.469 e. The molecule has 0 atom stereocenters. The predicted molar refractivity (Wildman–Crippen MR) is 69.6 cm³/mol. The van der Waals surface area contributed by atoms with Gasteiger partial charge >= 0.3 is 5.97 Å². The van der Waals surface area contributed by atoms with Crippen molar-refractivity contribution in [2.75, 3.05) is 20.7 Å². The van der Waals surface area contributed by atoms with Gasteiger partial charge in [0.1, 0.15) is 0 Å². The molecule has 0 N–H and O–H groups in total. The SMILES string of the molecule is COC(=O)CCCN(C)Cc1ccc(Br)s1. The van der Waals surface area contributed by atoms with Crippen LogP contribution in [0.5, 0.6) is 0 Å². The van der Waals surface area contributed by atoms with Gasteiger partial charge < -0.3 is 9.64 Å². The zero-order chi connectivity index (χ0) is 12.0. The molecule has 0 aliphatic carbocycles. The molecule has 0 amide bonds. The Hall–Kier alpha value is -0.390. The third-order valence-corrected chi connectivity index (χ3v) is 3.81. The number of hydrogen-bond acceptors (Lipinski definition) is 4. The Balaban J connectivity index is 2.20. The molecule has 1 aromatic heterocycles. The van der Waals surface area contributed by atoms with Crippen molar-refractivity contribution in [2.24, 2.45) is 0 Å². The second-order valence-electron chi connectivity index (χ2n) is 3.62. The van der Waals surface area contributed by atoms with Crippen molar-refractivity contribution in [1.82, 2.24) is 4.90 Å². The number of ether oxygens (including phenoxy) is 1. The van der Waals surface area contributed by atoms with E-state index in [1.807, 2.05) is 0 Å². The zero-order valence-corrected chi connectivity index (χ0v) is 11.9. The molecule has 90 valence electrons. The summed E-state index contributed by atoms with van der Waals surface area (Å²) < 4.78 is 5.75. The quantitative estimate of drug-likeness (QED) is 0.757. The molecule has 0 bridgehead atoms. The molecule has 3 nitrogen and oxygen atoms in total. The van der Waals surface area contributed by atoms with Gasteiger partial charge in [-0.15, -0.1) is 11.3 Å². The fraction of sp³-hybridized carbons (Fsp3) is 0.545. The Morgan fingerprint density at radius 2 is 2.31 bits per heavy atom. The first-order valence-electron chi connectivity index (χ1n) is 5.11. The summed E-state index contributed by atoms with van der Waals surface area (Å²) in [6, 6.07) is 4.17. The topological polar surface area (TPSA) is 29.5 Å². The maximum absolute atomic E-state index is 10.9. The molecule has 0 spiro atoms. The van der Waals surface area contributed by atoms with Crippen molar-refractivity contribution in [3.63, 3.8) is 0 Å². The fourth-order valence-corrected chi connectivity index (χ4v) is 2.94. The van der Waals surface area contributed by atoms with Crippen LogP contribution >= 0.6 is 27.3 Å². The van der Waals surface area contributed by atoms with Crippen molar-refractivity contribution < 1.29 is 9.53 Å². The van der Waals surface area contributed by atoms with Gasteiger partial charge in [-0.05, 0) is 48.1 Å². The molecule has 0 aliphatic heterocycles. The number of rotatable bonds is 6. The van der Waals surface area contributed by atoms with Gasteiger partial charge in [-0.25, -0.2) is 0 Å². The molecule has 0 aromatic carbocycles. The number of carbonyl (C=O) groups is 1. The van der Waals surface area contributed by atoms with Gasteiger partial charge in [-0.2, -0.15) is 0 Å². The first kappa shape index (κ1) is 13.7. The summed E-state index contributed by atoms with van der Waals surface area (Å²) in [5, 5.41) is 0. The summed E-state index contributed by atoms with van der Waals surface area (Å²) in [5.74, 6) is -0.132. The maximum Gasteiger partial charge on any atom is 0.305 e. The number of halogens is 1. The van der Waals surface area contributed by atoms with E-state index < -0.39 is 0 Å². The van der Waals surface area contributed by atoms with E-state index in [0.29, 0.717) is 6.42 Å². The lowest BCUT2D eigenvalue weighted by molar-refractivity contribution is -0.140. The fourth-order valence-electron chi connectivity index (χ4n) is 1.38. The number of hydrogen-bond donors (Lipinski definition) is 0. The summed E-state index contributed by atoms with van der Waals surface area (Å²) >= 11 is 5.19. The Kier molecular flexibility index (Phi) is 6.01. The minimum absolute atomic E-state index is 0.132. The Morgan fingerprint density at radius 1 is 1.56 bits per heavy atom. The minimum Gasteiger partial charge on any atom is -0.469 e. The third kappa shape index (κ3) is 5.09. The average Bonchev–Trinajstić information content (AvgIpc) is 2.63. The van der Waals surface area contributed by atoms with E-state index in [1.54, 1.807) is 11.3 Å². The van der Waals surface area contributed by atoms with Crippen LogP contribution in [0.1, 0.15) is 17.7 Å².